The number of hydrogen-bond acceptors (Lipinski definition) is 3. The molecule has 2 aromatic carbocycles. The lowest BCUT2D eigenvalue weighted by atomic mass is 10.1. The highest BCUT2D eigenvalue weighted by atomic mass is 16.2. The van der Waals surface area contributed by atoms with Crippen LogP contribution in [-0.4, -0.2) is 22.9 Å². The van der Waals surface area contributed by atoms with Crippen molar-refractivity contribution in [1.82, 2.24) is 9.88 Å². The third kappa shape index (κ3) is 4.73. The zero-order valence-corrected chi connectivity index (χ0v) is 15.5. The summed E-state index contributed by atoms with van der Waals surface area (Å²) in [6.45, 7) is 0.486. The quantitative estimate of drug-likeness (QED) is 0.695. The first-order chi connectivity index (χ1) is 13.5. The van der Waals surface area contributed by atoms with Crippen molar-refractivity contribution < 1.29 is 9.59 Å². The van der Waals surface area contributed by atoms with Gasteiger partial charge in [-0.1, -0.05) is 42.5 Å². The van der Waals surface area contributed by atoms with Gasteiger partial charge in [-0.15, -0.1) is 0 Å². The van der Waals surface area contributed by atoms with Crippen LogP contribution in [0.15, 0.2) is 77.7 Å². The van der Waals surface area contributed by atoms with Crippen LogP contribution in [0.1, 0.15) is 26.3 Å². The lowest BCUT2D eigenvalue weighted by molar-refractivity contribution is 0.0955. The van der Waals surface area contributed by atoms with Crippen LogP contribution in [0.2, 0.25) is 0 Å². The third-order valence-electron chi connectivity index (χ3n) is 4.33. The molecule has 142 valence electrons. The molecule has 0 unspecified atom stereocenters. The average molecular weight is 375 g/mol. The van der Waals surface area contributed by atoms with Crippen LogP contribution in [0, 0.1) is 0 Å². The van der Waals surface area contributed by atoms with E-state index in [-0.39, 0.29) is 17.0 Å². The highest BCUT2D eigenvalue weighted by molar-refractivity contribution is 6.08. The summed E-state index contributed by atoms with van der Waals surface area (Å²) >= 11 is 0. The Labute approximate surface area is 162 Å². The van der Waals surface area contributed by atoms with E-state index in [0.717, 1.165) is 5.56 Å². The number of pyridine rings is 1. The van der Waals surface area contributed by atoms with Crippen LogP contribution in [0.25, 0.3) is 0 Å². The van der Waals surface area contributed by atoms with Gasteiger partial charge in [-0.05, 0) is 30.2 Å². The number of aromatic nitrogens is 1. The summed E-state index contributed by atoms with van der Waals surface area (Å²) in [6, 6.07) is 19.5. The summed E-state index contributed by atoms with van der Waals surface area (Å²) in [5.41, 5.74) is 1.86. The molecule has 28 heavy (non-hydrogen) atoms. The topological polar surface area (TPSA) is 80.2 Å². The molecule has 0 aliphatic carbocycles. The summed E-state index contributed by atoms with van der Waals surface area (Å²) in [5.74, 6) is -0.710. The molecule has 1 heterocycles. The van der Waals surface area contributed by atoms with E-state index in [2.05, 4.69) is 10.6 Å². The van der Waals surface area contributed by atoms with Crippen molar-refractivity contribution in [3.05, 3.63) is 100.0 Å². The second-order valence-electron chi connectivity index (χ2n) is 6.36. The van der Waals surface area contributed by atoms with Crippen molar-refractivity contribution in [2.24, 2.45) is 7.05 Å². The van der Waals surface area contributed by atoms with Crippen LogP contribution in [0.4, 0.5) is 5.69 Å². The molecule has 0 atom stereocenters. The van der Waals surface area contributed by atoms with Crippen LogP contribution in [0.5, 0.6) is 0 Å². The van der Waals surface area contributed by atoms with E-state index in [0.29, 0.717) is 24.2 Å². The molecule has 0 radical (unpaired) electrons. The number of aryl methyl sites for hydroxylation is 1. The number of hydrogen-bond donors (Lipinski definition) is 2. The van der Waals surface area contributed by atoms with Gasteiger partial charge in [0, 0.05) is 31.4 Å². The van der Waals surface area contributed by atoms with E-state index in [4.69, 9.17) is 0 Å². The van der Waals surface area contributed by atoms with E-state index in [1.807, 2.05) is 30.3 Å². The van der Waals surface area contributed by atoms with Gasteiger partial charge in [0.1, 0.15) is 0 Å². The average Bonchev–Trinajstić information content (AvgIpc) is 2.71. The number of nitrogens with one attached hydrogen (secondary N) is 2. The number of rotatable bonds is 6. The molecule has 0 saturated heterocycles. The maximum atomic E-state index is 12.6. The van der Waals surface area contributed by atoms with Gasteiger partial charge in [0.2, 0.25) is 0 Å². The van der Waals surface area contributed by atoms with Crippen molar-refractivity contribution in [3.63, 3.8) is 0 Å². The largest absolute Gasteiger partial charge is 0.352 e. The Morgan fingerprint density at radius 2 is 1.64 bits per heavy atom. The number of anilines is 1. The Hall–Kier alpha value is -3.67. The highest BCUT2D eigenvalue weighted by Gasteiger charge is 2.14. The SMILES string of the molecule is Cn1ccc(C(=O)Nc2ccccc2C(=O)NCCc2ccccc2)cc1=O. The summed E-state index contributed by atoms with van der Waals surface area (Å²) in [5, 5.41) is 5.59. The first-order valence-electron chi connectivity index (χ1n) is 8.94. The Kier molecular flexibility index (Phi) is 6.01. The normalized spacial score (nSPS) is 10.3. The molecule has 3 aromatic rings. The molecule has 3 rings (SSSR count). The molecule has 1 aromatic heterocycles. The molecular weight excluding hydrogens is 354 g/mol. The number of amides is 2. The van der Waals surface area contributed by atoms with Gasteiger partial charge >= 0.3 is 0 Å². The van der Waals surface area contributed by atoms with E-state index in [1.165, 1.54) is 16.8 Å². The minimum atomic E-state index is -0.442. The minimum Gasteiger partial charge on any atom is -0.352 e. The van der Waals surface area contributed by atoms with Gasteiger partial charge < -0.3 is 15.2 Å². The molecule has 0 aliphatic rings. The van der Waals surface area contributed by atoms with Crippen LogP contribution >= 0.6 is 0 Å². The molecular formula is C22H21N3O3. The lowest BCUT2D eigenvalue weighted by Crippen LogP contribution is -2.27. The summed E-state index contributed by atoms with van der Waals surface area (Å²) < 4.78 is 1.38. The predicted molar refractivity (Wildman–Crippen MR) is 109 cm³/mol. The zero-order chi connectivity index (χ0) is 19.9. The Bertz CT molecular complexity index is 1040. The maximum Gasteiger partial charge on any atom is 0.255 e. The second kappa shape index (κ2) is 8.81. The Morgan fingerprint density at radius 1 is 0.929 bits per heavy atom. The molecule has 0 aliphatic heterocycles. The molecule has 2 N–H and O–H groups in total. The van der Waals surface area contributed by atoms with E-state index in [1.54, 1.807) is 37.4 Å². The van der Waals surface area contributed by atoms with Gasteiger partial charge in [-0.3, -0.25) is 14.4 Å². The van der Waals surface area contributed by atoms with Crippen molar-refractivity contribution in [1.29, 1.82) is 0 Å². The summed E-state index contributed by atoms with van der Waals surface area (Å²) in [7, 11) is 1.61. The van der Waals surface area contributed by atoms with Crippen LogP contribution < -0.4 is 16.2 Å². The Balaban J connectivity index is 1.68. The molecule has 0 bridgehead atoms. The van der Waals surface area contributed by atoms with E-state index in [9.17, 15) is 14.4 Å². The number of benzene rings is 2. The van der Waals surface area contributed by atoms with E-state index < -0.39 is 5.91 Å². The minimum absolute atomic E-state index is 0.238. The molecule has 0 fully saturated rings. The standard InChI is InChI=1S/C22H21N3O3/c1-25-14-12-17(15-20(25)26)21(27)24-19-10-6-5-9-18(19)22(28)23-13-11-16-7-3-2-4-8-16/h2-10,12,14-15H,11,13H2,1H3,(H,23,28)(H,24,27). The monoisotopic (exact) mass is 375 g/mol. The molecule has 2 amide bonds. The van der Waals surface area contributed by atoms with Crippen molar-refractivity contribution in [3.8, 4) is 0 Å². The Morgan fingerprint density at radius 3 is 2.39 bits per heavy atom. The first-order valence-corrected chi connectivity index (χ1v) is 8.94. The van der Waals surface area contributed by atoms with Crippen molar-refractivity contribution in [2.75, 3.05) is 11.9 Å². The zero-order valence-electron chi connectivity index (χ0n) is 15.5. The van der Waals surface area contributed by atoms with Gasteiger partial charge in [-0.2, -0.15) is 0 Å². The molecule has 6 nitrogen and oxygen atoms in total. The second-order valence-corrected chi connectivity index (χ2v) is 6.36. The van der Waals surface area contributed by atoms with Gasteiger partial charge in [0.25, 0.3) is 17.4 Å². The molecule has 0 spiro atoms. The fraction of sp³-hybridized carbons (Fsp3) is 0.136. The molecule has 6 heteroatoms. The number of carbonyl (C=O) groups excluding carboxylic acids is 2. The van der Waals surface area contributed by atoms with Crippen LogP contribution in [0.3, 0.4) is 0 Å². The number of nitrogens with zero attached hydrogens (tertiary/aromatic N) is 1. The number of carbonyl (C=O) groups is 2. The third-order valence-corrected chi connectivity index (χ3v) is 4.33. The lowest BCUT2D eigenvalue weighted by Gasteiger charge is -2.12. The van der Waals surface area contributed by atoms with E-state index >= 15 is 0 Å². The maximum absolute atomic E-state index is 12.6. The fourth-order valence-electron chi connectivity index (χ4n) is 2.73. The van der Waals surface area contributed by atoms with Crippen molar-refractivity contribution >= 4 is 17.5 Å². The molecule has 0 saturated carbocycles. The smallest absolute Gasteiger partial charge is 0.255 e. The number of para-hydroxylation sites is 1. The van der Waals surface area contributed by atoms with Crippen LogP contribution in [-0.2, 0) is 13.5 Å². The highest BCUT2D eigenvalue weighted by Crippen LogP contribution is 2.16. The van der Waals surface area contributed by atoms with Gasteiger partial charge in [0.05, 0.1) is 11.3 Å². The summed E-state index contributed by atoms with van der Waals surface area (Å²) in [4.78, 5) is 36.7. The summed E-state index contributed by atoms with van der Waals surface area (Å²) in [6.07, 6.45) is 2.24. The van der Waals surface area contributed by atoms with Crippen molar-refractivity contribution in [2.45, 2.75) is 6.42 Å². The predicted octanol–water partition coefficient (Wildman–Crippen LogP) is 2.61. The first kappa shape index (κ1) is 19.1. The van der Waals surface area contributed by atoms with Gasteiger partial charge in [0.15, 0.2) is 0 Å². The van der Waals surface area contributed by atoms with Gasteiger partial charge in [-0.25, -0.2) is 0 Å². The fourth-order valence-corrected chi connectivity index (χ4v) is 2.73.